The zero-order valence-electron chi connectivity index (χ0n) is 13.9. The minimum absolute atomic E-state index is 0.0651. The van der Waals surface area contributed by atoms with Gasteiger partial charge in [0.05, 0.1) is 6.61 Å². The molecule has 2 aliphatic rings. The first-order valence-corrected chi connectivity index (χ1v) is 10.5. The Morgan fingerprint density at radius 1 is 1.33 bits per heavy atom. The second kappa shape index (κ2) is 7.60. The maximum Gasteiger partial charge on any atom is 0.244 e. The first-order valence-electron chi connectivity index (χ1n) is 8.62. The molecule has 1 aliphatic carbocycles. The molecule has 2 atom stereocenters. The predicted octanol–water partition coefficient (Wildman–Crippen LogP) is 2.94. The lowest BCUT2D eigenvalue weighted by atomic mass is 9.86. The summed E-state index contributed by atoms with van der Waals surface area (Å²) in [6.07, 6.45) is 5.09. The number of nitrogens with one attached hydrogen (secondary N) is 2. The molecule has 2 unspecified atom stereocenters. The van der Waals surface area contributed by atoms with Crippen molar-refractivity contribution in [3.8, 4) is 5.75 Å². The van der Waals surface area contributed by atoms with Gasteiger partial charge in [-0.05, 0) is 63.3 Å². The van der Waals surface area contributed by atoms with Crippen LogP contribution in [0.5, 0.6) is 5.75 Å². The summed E-state index contributed by atoms with van der Waals surface area (Å²) in [4.78, 5) is 0.139. The third-order valence-electron chi connectivity index (χ3n) is 4.84. The van der Waals surface area contributed by atoms with Crippen LogP contribution in [-0.2, 0) is 10.0 Å². The smallest absolute Gasteiger partial charge is 0.244 e. The minimum Gasteiger partial charge on any atom is -0.492 e. The van der Waals surface area contributed by atoms with Crippen molar-refractivity contribution in [2.45, 2.75) is 56.0 Å². The number of hydrogen-bond donors (Lipinski definition) is 2. The van der Waals surface area contributed by atoms with Crippen LogP contribution in [0.2, 0.25) is 5.02 Å². The van der Waals surface area contributed by atoms with Crippen LogP contribution in [0, 0.1) is 5.92 Å². The van der Waals surface area contributed by atoms with Crippen molar-refractivity contribution in [2.24, 2.45) is 5.92 Å². The molecule has 0 spiro atoms. The SMILES string of the molecule is CC1CC(NS(=O)(=O)c2cc(Cl)ccc2OCC2CCC2)CCN1. The highest BCUT2D eigenvalue weighted by Gasteiger charge is 2.27. The zero-order chi connectivity index (χ0) is 17.2. The van der Waals surface area contributed by atoms with E-state index in [4.69, 9.17) is 16.3 Å². The quantitative estimate of drug-likeness (QED) is 0.805. The molecule has 24 heavy (non-hydrogen) atoms. The summed E-state index contributed by atoms with van der Waals surface area (Å²) in [5.74, 6) is 0.926. The van der Waals surface area contributed by atoms with Crippen LogP contribution in [0.3, 0.4) is 0 Å². The van der Waals surface area contributed by atoms with E-state index < -0.39 is 10.0 Å². The van der Waals surface area contributed by atoms with E-state index in [-0.39, 0.29) is 10.9 Å². The van der Waals surface area contributed by atoms with Gasteiger partial charge in [-0.15, -0.1) is 0 Å². The van der Waals surface area contributed by atoms with Crippen molar-refractivity contribution in [3.63, 3.8) is 0 Å². The van der Waals surface area contributed by atoms with E-state index >= 15 is 0 Å². The Morgan fingerprint density at radius 2 is 2.12 bits per heavy atom. The Labute approximate surface area is 149 Å². The van der Waals surface area contributed by atoms with Crippen molar-refractivity contribution in [2.75, 3.05) is 13.2 Å². The van der Waals surface area contributed by atoms with Crippen molar-refractivity contribution in [1.82, 2.24) is 10.0 Å². The number of halogens is 1. The third kappa shape index (κ3) is 4.42. The van der Waals surface area contributed by atoms with E-state index in [0.29, 0.717) is 29.3 Å². The topological polar surface area (TPSA) is 67.4 Å². The average molecular weight is 373 g/mol. The van der Waals surface area contributed by atoms with Gasteiger partial charge in [0.2, 0.25) is 10.0 Å². The lowest BCUT2D eigenvalue weighted by Crippen LogP contribution is -2.46. The molecule has 1 aromatic rings. The molecule has 3 rings (SSSR count). The summed E-state index contributed by atoms with van der Waals surface area (Å²) in [7, 11) is -3.66. The molecular weight excluding hydrogens is 348 g/mol. The minimum atomic E-state index is -3.66. The fraction of sp³-hybridized carbons (Fsp3) is 0.647. The molecule has 134 valence electrons. The summed E-state index contributed by atoms with van der Waals surface area (Å²) >= 11 is 6.03. The van der Waals surface area contributed by atoms with Gasteiger partial charge in [0.1, 0.15) is 10.6 Å². The second-order valence-electron chi connectivity index (χ2n) is 6.90. The predicted molar refractivity (Wildman–Crippen MR) is 95.1 cm³/mol. The van der Waals surface area contributed by atoms with Gasteiger partial charge < -0.3 is 10.1 Å². The summed E-state index contributed by atoms with van der Waals surface area (Å²) in [6.45, 7) is 3.44. The highest BCUT2D eigenvalue weighted by Crippen LogP contribution is 2.31. The fourth-order valence-corrected chi connectivity index (χ4v) is 4.89. The largest absolute Gasteiger partial charge is 0.492 e. The van der Waals surface area contributed by atoms with Crippen LogP contribution in [0.15, 0.2) is 23.1 Å². The Morgan fingerprint density at radius 3 is 2.79 bits per heavy atom. The van der Waals surface area contributed by atoms with Gasteiger partial charge >= 0.3 is 0 Å². The molecule has 1 aliphatic heterocycles. The summed E-state index contributed by atoms with van der Waals surface area (Å²) in [5, 5.41) is 3.72. The molecule has 2 fully saturated rings. The highest BCUT2D eigenvalue weighted by molar-refractivity contribution is 7.89. The Hall–Kier alpha value is -0.820. The van der Waals surface area contributed by atoms with Crippen molar-refractivity contribution >= 4 is 21.6 Å². The van der Waals surface area contributed by atoms with Crippen molar-refractivity contribution in [1.29, 1.82) is 0 Å². The highest BCUT2D eigenvalue weighted by atomic mass is 35.5. The van der Waals surface area contributed by atoms with Crippen LogP contribution in [-0.4, -0.2) is 33.7 Å². The monoisotopic (exact) mass is 372 g/mol. The molecule has 1 heterocycles. The summed E-state index contributed by atoms with van der Waals surface area (Å²) < 4.78 is 34.3. The number of benzene rings is 1. The van der Waals surface area contributed by atoms with E-state index in [9.17, 15) is 8.42 Å². The number of sulfonamides is 1. The number of rotatable bonds is 6. The molecule has 1 saturated heterocycles. The molecule has 2 N–H and O–H groups in total. The fourth-order valence-electron chi connectivity index (χ4n) is 3.20. The van der Waals surface area contributed by atoms with E-state index in [1.54, 1.807) is 12.1 Å². The van der Waals surface area contributed by atoms with E-state index in [1.165, 1.54) is 12.5 Å². The lowest BCUT2D eigenvalue weighted by Gasteiger charge is -2.29. The van der Waals surface area contributed by atoms with Crippen LogP contribution >= 0.6 is 11.6 Å². The van der Waals surface area contributed by atoms with Gasteiger partial charge in [0.25, 0.3) is 0 Å². The molecule has 5 nitrogen and oxygen atoms in total. The molecule has 0 radical (unpaired) electrons. The van der Waals surface area contributed by atoms with Gasteiger partial charge in [0.15, 0.2) is 0 Å². The Bertz CT molecular complexity index is 676. The van der Waals surface area contributed by atoms with Crippen LogP contribution in [0.1, 0.15) is 39.0 Å². The maximum absolute atomic E-state index is 12.8. The molecule has 0 amide bonds. The van der Waals surface area contributed by atoms with Gasteiger partial charge in [-0.2, -0.15) is 0 Å². The zero-order valence-corrected chi connectivity index (χ0v) is 15.5. The van der Waals surface area contributed by atoms with E-state index in [1.807, 2.05) is 0 Å². The second-order valence-corrected chi connectivity index (χ2v) is 9.02. The molecule has 0 aromatic heterocycles. The number of ether oxygens (including phenoxy) is 1. The molecule has 1 saturated carbocycles. The summed E-state index contributed by atoms with van der Waals surface area (Å²) in [6, 6.07) is 5.04. The first-order chi connectivity index (χ1) is 11.4. The van der Waals surface area contributed by atoms with Gasteiger partial charge in [-0.3, -0.25) is 0 Å². The standard InChI is InChI=1S/C17H25ClN2O3S/c1-12-9-15(7-8-19-12)20-24(21,22)17-10-14(18)5-6-16(17)23-11-13-3-2-4-13/h5-6,10,12-13,15,19-20H,2-4,7-9,11H2,1H3. The lowest BCUT2D eigenvalue weighted by molar-refractivity contribution is 0.177. The van der Waals surface area contributed by atoms with Crippen LogP contribution in [0.25, 0.3) is 0 Å². The van der Waals surface area contributed by atoms with Crippen molar-refractivity contribution in [3.05, 3.63) is 23.2 Å². The van der Waals surface area contributed by atoms with Crippen LogP contribution < -0.4 is 14.8 Å². The number of piperidine rings is 1. The van der Waals surface area contributed by atoms with Crippen LogP contribution in [0.4, 0.5) is 0 Å². The molecule has 1 aromatic carbocycles. The normalized spacial score (nSPS) is 25.2. The third-order valence-corrected chi connectivity index (χ3v) is 6.62. The summed E-state index contributed by atoms with van der Waals surface area (Å²) in [5.41, 5.74) is 0. The molecule has 7 heteroatoms. The Kier molecular flexibility index (Phi) is 5.70. The molecular formula is C17H25ClN2O3S. The van der Waals surface area contributed by atoms with Gasteiger partial charge in [-0.1, -0.05) is 18.0 Å². The Balaban J connectivity index is 1.75. The maximum atomic E-state index is 12.8. The first kappa shape index (κ1) is 18.0. The van der Waals surface area contributed by atoms with E-state index in [2.05, 4.69) is 17.0 Å². The van der Waals surface area contributed by atoms with Gasteiger partial charge in [-0.25, -0.2) is 13.1 Å². The van der Waals surface area contributed by atoms with E-state index in [0.717, 1.165) is 32.2 Å². The van der Waals surface area contributed by atoms with Gasteiger partial charge in [0, 0.05) is 17.1 Å². The molecule has 0 bridgehead atoms. The average Bonchev–Trinajstić information content (AvgIpc) is 2.46. The number of hydrogen-bond acceptors (Lipinski definition) is 4. The van der Waals surface area contributed by atoms with Crippen molar-refractivity contribution < 1.29 is 13.2 Å².